The molecule has 9 heteroatoms. The number of aromatic nitrogens is 1. The predicted octanol–water partition coefficient (Wildman–Crippen LogP) is 7.90. The van der Waals surface area contributed by atoms with Crippen LogP contribution in [0.3, 0.4) is 0 Å². The number of carbonyl (C=O) groups excluding carboxylic acids is 1. The zero-order chi connectivity index (χ0) is 25.9. The van der Waals surface area contributed by atoms with Gasteiger partial charge in [-0.25, -0.2) is 4.98 Å². The fourth-order valence-corrected chi connectivity index (χ4v) is 4.34. The molecule has 0 atom stereocenters. The number of halogens is 2. The van der Waals surface area contributed by atoms with Gasteiger partial charge >= 0.3 is 0 Å². The molecule has 3 aromatic carbocycles. The van der Waals surface area contributed by atoms with E-state index in [4.69, 9.17) is 44.3 Å². The van der Waals surface area contributed by atoms with E-state index in [9.17, 15) is 4.79 Å². The molecule has 0 aliphatic carbocycles. The number of furan rings is 1. The number of amides is 1. The summed E-state index contributed by atoms with van der Waals surface area (Å²) in [5, 5.41) is 6.69. The van der Waals surface area contributed by atoms with Gasteiger partial charge in [0.2, 0.25) is 11.8 Å². The lowest BCUT2D eigenvalue weighted by Crippen LogP contribution is -2.33. The van der Waals surface area contributed by atoms with E-state index in [0.29, 0.717) is 38.6 Å². The second-order valence-electron chi connectivity index (χ2n) is 8.04. The molecule has 1 amide bonds. The minimum atomic E-state index is -0.413. The molecule has 0 saturated carbocycles. The first-order valence-electron chi connectivity index (χ1n) is 11.2. The average Bonchev–Trinajstić information content (AvgIpc) is 3.53. The van der Waals surface area contributed by atoms with Crippen molar-refractivity contribution in [2.24, 2.45) is 0 Å². The van der Waals surface area contributed by atoms with Crippen molar-refractivity contribution in [2.45, 2.75) is 6.92 Å². The van der Waals surface area contributed by atoms with Crippen molar-refractivity contribution in [1.82, 2.24) is 10.3 Å². The lowest BCUT2D eigenvalue weighted by molar-refractivity contribution is -0.115. The Morgan fingerprint density at radius 3 is 2.57 bits per heavy atom. The standard InChI is InChI=1S/C28H19Cl2N3O3S/c1-16-18(27-31-22-9-2-3-11-24(22)36-27)6-5-10-21(16)32-28(37)33-25(34)15-13-17-12-14-23(35-17)19-7-4-8-20(29)26(19)30/h2-15H,1H3,(H2,32,33,34,37). The maximum absolute atomic E-state index is 12.4. The van der Waals surface area contributed by atoms with Crippen LogP contribution >= 0.6 is 35.4 Å². The molecule has 2 aromatic heterocycles. The third-order valence-electron chi connectivity index (χ3n) is 5.59. The summed E-state index contributed by atoms with van der Waals surface area (Å²) < 4.78 is 11.7. The van der Waals surface area contributed by atoms with Gasteiger partial charge in [0.05, 0.1) is 10.0 Å². The summed E-state index contributed by atoms with van der Waals surface area (Å²) in [5.41, 5.74) is 4.59. The molecule has 5 aromatic rings. The highest BCUT2D eigenvalue weighted by atomic mass is 35.5. The lowest BCUT2D eigenvalue weighted by Gasteiger charge is -2.12. The highest BCUT2D eigenvalue weighted by Gasteiger charge is 2.14. The number of nitrogens with zero attached hydrogens (tertiary/aromatic N) is 1. The summed E-state index contributed by atoms with van der Waals surface area (Å²) >= 11 is 17.7. The Hall–Kier alpha value is -3.91. The van der Waals surface area contributed by atoms with Gasteiger partial charge in [-0.05, 0) is 79.3 Å². The van der Waals surface area contributed by atoms with Crippen LogP contribution in [0.1, 0.15) is 11.3 Å². The molecule has 0 radical (unpaired) electrons. The molecule has 6 nitrogen and oxygen atoms in total. The Balaban J connectivity index is 1.24. The quantitative estimate of drug-likeness (QED) is 0.172. The van der Waals surface area contributed by atoms with E-state index in [1.54, 1.807) is 36.4 Å². The smallest absolute Gasteiger partial charge is 0.250 e. The Kier molecular flexibility index (Phi) is 7.10. The van der Waals surface area contributed by atoms with Crippen molar-refractivity contribution < 1.29 is 13.6 Å². The van der Waals surface area contributed by atoms with Crippen LogP contribution in [0.5, 0.6) is 0 Å². The minimum absolute atomic E-state index is 0.151. The van der Waals surface area contributed by atoms with Gasteiger partial charge in [0.25, 0.3) is 0 Å². The Morgan fingerprint density at radius 1 is 0.946 bits per heavy atom. The summed E-state index contributed by atoms with van der Waals surface area (Å²) in [6.45, 7) is 1.93. The first kappa shape index (κ1) is 24.8. The lowest BCUT2D eigenvalue weighted by atomic mass is 10.1. The molecule has 184 valence electrons. The monoisotopic (exact) mass is 547 g/mol. The molecule has 0 aliphatic heterocycles. The van der Waals surface area contributed by atoms with Crippen molar-refractivity contribution in [1.29, 1.82) is 0 Å². The molecule has 0 spiro atoms. The van der Waals surface area contributed by atoms with Gasteiger partial charge in [-0.1, -0.05) is 47.5 Å². The highest BCUT2D eigenvalue weighted by Crippen LogP contribution is 2.34. The number of para-hydroxylation sites is 2. The van der Waals surface area contributed by atoms with Crippen LogP contribution in [0.2, 0.25) is 10.0 Å². The van der Waals surface area contributed by atoms with Gasteiger partial charge in [-0.2, -0.15) is 0 Å². The average molecular weight is 548 g/mol. The largest absolute Gasteiger partial charge is 0.457 e. The number of rotatable bonds is 5. The molecule has 37 heavy (non-hydrogen) atoms. The molecule has 0 aliphatic rings. The molecular formula is C28H19Cl2N3O3S. The SMILES string of the molecule is Cc1c(NC(=S)NC(=O)C=Cc2ccc(-c3cccc(Cl)c3Cl)o2)cccc1-c1nc2ccccc2o1. The summed E-state index contributed by atoms with van der Waals surface area (Å²) in [4.78, 5) is 17.0. The number of fused-ring (bicyclic) bond motifs is 1. The highest BCUT2D eigenvalue weighted by molar-refractivity contribution is 7.80. The summed E-state index contributed by atoms with van der Waals surface area (Å²) in [7, 11) is 0. The van der Waals surface area contributed by atoms with Crippen molar-refractivity contribution in [3.05, 3.63) is 100 Å². The van der Waals surface area contributed by atoms with Crippen LogP contribution in [0.25, 0.3) is 40.0 Å². The Morgan fingerprint density at radius 2 is 1.73 bits per heavy atom. The van der Waals surface area contributed by atoms with E-state index >= 15 is 0 Å². The fraction of sp³-hybridized carbons (Fsp3) is 0.0357. The number of hydrogen-bond donors (Lipinski definition) is 2. The van der Waals surface area contributed by atoms with Crippen molar-refractivity contribution in [2.75, 3.05) is 5.32 Å². The first-order chi connectivity index (χ1) is 17.9. The molecule has 5 rings (SSSR count). The van der Waals surface area contributed by atoms with Crippen molar-refractivity contribution in [3.8, 4) is 22.8 Å². The molecule has 2 N–H and O–H groups in total. The number of thiocarbonyl (C=S) groups is 1. The summed E-state index contributed by atoms with van der Waals surface area (Å²) in [5.74, 6) is 1.11. The van der Waals surface area contributed by atoms with Crippen LogP contribution in [0.15, 0.2) is 87.7 Å². The zero-order valence-electron chi connectivity index (χ0n) is 19.4. The van der Waals surface area contributed by atoms with Gasteiger partial charge in [0.15, 0.2) is 10.7 Å². The molecule has 0 saturated heterocycles. The first-order valence-corrected chi connectivity index (χ1v) is 12.4. The Labute approximate surface area is 227 Å². The van der Waals surface area contributed by atoms with Crippen molar-refractivity contribution >= 4 is 69.3 Å². The van der Waals surface area contributed by atoms with Crippen LogP contribution < -0.4 is 10.6 Å². The zero-order valence-corrected chi connectivity index (χ0v) is 21.7. The maximum Gasteiger partial charge on any atom is 0.250 e. The van der Waals surface area contributed by atoms with Gasteiger partial charge in [0, 0.05) is 22.9 Å². The topological polar surface area (TPSA) is 80.3 Å². The predicted molar refractivity (Wildman–Crippen MR) is 152 cm³/mol. The van der Waals surface area contributed by atoms with E-state index in [0.717, 1.165) is 22.3 Å². The van der Waals surface area contributed by atoms with E-state index in [1.165, 1.54) is 6.08 Å². The van der Waals surface area contributed by atoms with Gasteiger partial charge < -0.3 is 14.2 Å². The summed E-state index contributed by atoms with van der Waals surface area (Å²) in [6, 6.07) is 22.0. The third-order valence-corrected chi connectivity index (χ3v) is 6.61. The number of carbonyl (C=O) groups is 1. The van der Waals surface area contributed by atoms with Gasteiger partial charge in [0.1, 0.15) is 17.0 Å². The number of benzene rings is 3. The van der Waals surface area contributed by atoms with Gasteiger partial charge in [-0.15, -0.1) is 0 Å². The van der Waals surface area contributed by atoms with Crippen LogP contribution in [-0.4, -0.2) is 16.0 Å². The second kappa shape index (κ2) is 10.6. The maximum atomic E-state index is 12.4. The van der Waals surface area contributed by atoms with Crippen molar-refractivity contribution in [3.63, 3.8) is 0 Å². The van der Waals surface area contributed by atoms with Crippen LogP contribution in [-0.2, 0) is 4.79 Å². The van der Waals surface area contributed by atoms with Gasteiger partial charge in [-0.3, -0.25) is 10.1 Å². The second-order valence-corrected chi connectivity index (χ2v) is 9.24. The fourth-order valence-electron chi connectivity index (χ4n) is 3.74. The van der Waals surface area contributed by atoms with Crippen LogP contribution in [0, 0.1) is 6.92 Å². The van der Waals surface area contributed by atoms with E-state index in [2.05, 4.69) is 15.6 Å². The molecule has 0 bridgehead atoms. The number of hydrogen-bond acceptors (Lipinski definition) is 5. The normalized spacial score (nSPS) is 11.2. The van der Waals surface area contributed by atoms with E-state index < -0.39 is 5.91 Å². The molecule has 0 fully saturated rings. The number of oxazole rings is 1. The van der Waals surface area contributed by atoms with E-state index in [-0.39, 0.29) is 5.11 Å². The molecular weight excluding hydrogens is 529 g/mol. The van der Waals surface area contributed by atoms with Crippen LogP contribution in [0.4, 0.5) is 5.69 Å². The number of anilines is 1. The van der Waals surface area contributed by atoms with E-state index in [1.807, 2.05) is 49.4 Å². The third kappa shape index (κ3) is 5.44. The molecule has 2 heterocycles. The Bertz CT molecular complexity index is 1640. The molecule has 0 unspecified atom stereocenters. The summed E-state index contributed by atoms with van der Waals surface area (Å²) in [6.07, 6.45) is 2.87. The number of nitrogens with one attached hydrogen (secondary N) is 2. The minimum Gasteiger partial charge on any atom is -0.457 e.